The topological polar surface area (TPSA) is 38.3 Å². The fraction of sp³-hybridized carbons (Fsp3) is 0.417. The Labute approximate surface area is 111 Å². The molecule has 0 fully saturated rings. The summed E-state index contributed by atoms with van der Waals surface area (Å²) in [6, 6.07) is 5.72. The van der Waals surface area contributed by atoms with E-state index >= 15 is 0 Å². The van der Waals surface area contributed by atoms with Crippen molar-refractivity contribution in [3.05, 3.63) is 29.3 Å². The fourth-order valence-electron chi connectivity index (χ4n) is 1.50. The monoisotopic (exact) mass is 275 g/mol. The van der Waals surface area contributed by atoms with Crippen molar-refractivity contribution in [3.63, 3.8) is 0 Å². The molecule has 0 aliphatic rings. The maximum atomic E-state index is 11.5. The highest BCUT2D eigenvalue weighted by molar-refractivity contribution is 6.58. The van der Waals surface area contributed by atoms with Crippen LogP contribution in [0.5, 0.6) is 0 Å². The van der Waals surface area contributed by atoms with Gasteiger partial charge in [0.05, 0.1) is 6.61 Å². The van der Waals surface area contributed by atoms with Gasteiger partial charge in [0.15, 0.2) is 0 Å². The van der Waals surface area contributed by atoms with Crippen LogP contribution >= 0.6 is 23.2 Å². The van der Waals surface area contributed by atoms with Crippen molar-refractivity contribution in [2.45, 2.75) is 25.2 Å². The van der Waals surface area contributed by atoms with Crippen LogP contribution in [0.25, 0.3) is 0 Å². The van der Waals surface area contributed by atoms with E-state index in [-0.39, 0.29) is 6.61 Å². The molecule has 0 spiro atoms. The molecule has 1 rings (SSSR count). The van der Waals surface area contributed by atoms with Crippen LogP contribution in [0.2, 0.25) is 0 Å². The zero-order valence-electron chi connectivity index (χ0n) is 10.0. The van der Waals surface area contributed by atoms with Gasteiger partial charge in [0.1, 0.15) is 0 Å². The molecule has 0 saturated heterocycles. The molecule has 3 nitrogen and oxygen atoms in total. The average molecular weight is 276 g/mol. The van der Waals surface area contributed by atoms with Crippen LogP contribution in [0.4, 0.5) is 5.69 Å². The molecule has 0 unspecified atom stereocenters. The average Bonchev–Trinajstić information content (AvgIpc) is 2.15. The van der Waals surface area contributed by atoms with Gasteiger partial charge in [-0.3, -0.25) is 0 Å². The molecule has 0 atom stereocenters. The first-order valence-electron chi connectivity index (χ1n) is 5.26. The smallest absolute Gasteiger partial charge is 0.363 e. The van der Waals surface area contributed by atoms with E-state index in [2.05, 4.69) is 5.32 Å². The Morgan fingerprint density at radius 3 is 2.29 bits per heavy atom. The van der Waals surface area contributed by atoms with Gasteiger partial charge in [0, 0.05) is 5.69 Å². The third-order valence-corrected chi connectivity index (χ3v) is 2.55. The number of aryl methyl sites for hydroxylation is 2. The summed E-state index contributed by atoms with van der Waals surface area (Å²) in [6.45, 7) is 5.83. The van der Waals surface area contributed by atoms with Gasteiger partial charge >= 0.3 is 5.97 Å². The van der Waals surface area contributed by atoms with Crippen molar-refractivity contribution in [2.75, 3.05) is 11.9 Å². The lowest BCUT2D eigenvalue weighted by Gasteiger charge is -2.20. The summed E-state index contributed by atoms with van der Waals surface area (Å²) in [4.78, 5) is 11.5. The van der Waals surface area contributed by atoms with Gasteiger partial charge in [-0.15, -0.1) is 0 Å². The van der Waals surface area contributed by atoms with E-state index in [1.54, 1.807) is 6.92 Å². The Morgan fingerprint density at radius 2 is 1.82 bits per heavy atom. The minimum absolute atomic E-state index is 0.231. The van der Waals surface area contributed by atoms with E-state index in [1.165, 1.54) is 0 Å². The lowest BCUT2D eigenvalue weighted by Crippen LogP contribution is -2.36. The van der Waals surface area contributed by atoms with Crippen molar-refractivity contribution >= 4 is 34.9 Å². The number of ether oxygens (including phenoxy) is 1. The molecule has 0 aliphatic heterocycles. The number of carbonyl (C=O) groups excluding carboxylic acids is 1. The van der Waals surface area contributed by atoms with Crippen LogP contribution in [-0.2, 0) is 9.53 Å². The van der Waals surface area contributed by atoms with E-state index < -0.39 is 10.4 Å². The van der Waals surface area contributed by atoms with Crippen molar-refractivity contribution < 1.29 is 9.53 Å². The number of rotatable bonds is 4. The lowest BCUT2D eigenvalue weighted by molar-refractivity contribution is -0.143. The van der Waals surface area contributed by atoms with E-state index in [1.807, 2.05) is 32.0 Å². The van der Waals surface area contributed by atoms with Gasteiger partial charge in [0.25, 0.3) is 4.46 Å². The molecule has 0 saturated carbocycles. The molecule has 0 bridgehead atoms. The number of alkyl halides is 2. The molecule has 1 N–H and O–H groups in total. The predicted octanol–water partition coefficient (Wildman–Crippen LogP) is 3.41. The Balaban J connectivity index is 2.85. The summed E-state index contributed by atoms with van der Waals surface area (Å²) >= 11 is 11.8. The molecular weight excluding hydrogens is 261 g/mol. The molecule has 0 heterocycles. The summed E-state index contributed by atoms with van der Waals surface area (Å²) in [5, 5.41) is 2.74. The van der Waals surface area contributed by atoms with Crippen LogP contribution in [0.1, 0.15) is 18.1 Å². The van der Waals surface area contributed by atoms with Gasteiger partial charge in [0.2, 0.25) is 0 Å². The highest BCUT2D eigenvalue weighted by atomic mass is 35.5. The van der Waals surface area contributed by atoms with Gasteiger partial charge < -0.3 is 10.1 Å². The summed E-state index contributed by atoms with van der Waals surface area (Å²) in [5.74, 6) is -0.706. The molecular formula is C12H15Cl2NO2. The zero-order chi connectivity index (χ0) is 13.1. The number of anilines is 1. The molecule has 0 radical (unpaired) electrons. The second-order valence-electron chi connectivity index (χ2n) is 3.80. The molecule has 0 aromatic heterocycles. The van der Waals surface area contributed by atoms with Gasteiger partial charge in [-0.25, -0.2) is 4.79 Å². The van der Waals surface area contributed by atoms with E-state index in [4.69, 9.17) is 27.9 Å². The van der Waals surface area contributed by atoms with Crippen LogP contribution in [0.15, 0.2) is 18.2 Å². The molecule has 17 heavy (non-hydrogen) atoms. The normalized spacial score (nSPS) is 11.1. The maximum Gasteiger partial charge on any atom is 0.363 e. The third kappa shape index (κ3) is 4.10. The van der Waals surface area contributed by atoms with Gasteiger partial charge in [-0.2, -0.15) is 0 Å². The summed E-state index contributed by atoms with van der Waals surface area (Å²) < 4.78 is 3.01. The summed E-state index contributed by atoms with van der Waals surface area (Å²) in [7, 11) is 0. The third-order valence-electron chi connectivity index (χ3n) is 2.05. The molecule has 1 aromatic carbocycles. The first-order chi connectivity index (χ1) is 7.85. The maximum absolute atomic E-state index is 11.5. The largest absolute Gasteiger partial charge is 0.462 e. The minimum Gasteiger partial charge on any atom is -0.462 e. The molecule has 0 aliphatic carbocycles. The number of hydrogen-bond acceptors (Lipinski definition) is 3. The van der Waals surface area contributed by atoms with Crippen molar-refractivity contribution in [1.82, 2.24) is 0 Å². The lowest BCUT2D eigenvalue weighted by atomic mass is 10.1. The second-order valence-corrected chi connectivity index (χ2v) is 5.12. The van der Waals surface area contributed by atoms with Crippen LogP contribution in [0.3, 0.4) is 0 Å². The zero-order valence-corrected chi connectivity index (χ0v) is 11.5. The van der Waals surface area contributed by atoms with Gasteiger partial charge in [-0.05, 0) is 44.0 Å². The number of esters is 1. The molecule has 0 amide bonds. The predicted molar refractivity (Wildman–Crippen MR) is 70.6 cm³/mol. The quantitative estimate of drug-likeness (QED) is 0.520. The summed E-state index contributed by atoms with van der Waals surface area (Å²) in [6.07, 6.45) is 0. The Hall–Kier alpha value is -0.930. The van der Waals surface area contributed by atoms with Crippen molar-refractivity contribution in [3.8, 4) is 0 Å². The molecule has 1 aromatic rings. The second kappa shape index (κ2) is 5.61. The number of halogens is 2. The van der Waals surface area contributed by atoms with E-state index in [0.717, 1.165) is 11.1 Å². The fourth-order valence-corrected chi connectivity index (χ4v) is 1.83. The van der Waals surface area contributed by atoms with Crippen LogP contribution < -0.4 is 5.32 Å². The number of carbonyl (C=O) groups is 1. The number of hydrogen-bond donors (Lipinski definition) is 1. The van der Waals surface area contributed by atoms with E-state index in [9.17, 15) is 4.79 Å². The van der Waals surface area contributed by atoms with Gasteiger partial charge in [-0.1, -0.05) is 29.3 Å². The minimum atomic E-state index is -1.77. The number of nitrogens with one attached hydrogen (secondary N) is 1. The van der Waals surface area contributed by atoms with E-state index in [0.29, 0.717) is 5.69 Å². The van der Waals surface area contributed by atoms with Crippen molar-refractivity contribution in [2.24, 2.45) is 0 Å². The first kappa shape index (κ1) is 14.1. The highest BCUT2D eigenvalue weighted by Gasteiger charge is 2.35. The van der Waals surface area contributed by atoms with Crippen molar-refractivity contribution in [1.29, 1.82) is 0 Å². The molecule has 94 valence electrons. The van der Waals surface area contributed by atoms with Crippen LogP contribution in [-0.4, -0.2) is 17.0 Å². The summed E-state index contributed by atoms with van der Waals surface area (Å²) in [5.41, 5.74) is 2.79. The molecule has 5 heteroatoms. The SMILES string of the molecule is CCOC(=O)C(Cl)(Cl)Nc1cc(C)cc(C)c1. The van der Waals surface area contributed by atoms with Crippen LogP contribution in [0, 0.1) is 13.8 Å². The highest BCUT2D eigenvalue weighted by Crippen LogP contribution is 2.26. The standard InChI is InChI=1S/C12H15Cl2NO2/c1-4-17-11(16)12(13,14)15-10-6-8(2)5-9(3)7-10/h5-7,15H,4H2,1-3H3. The Bertz CT molecular complexity index is 399. The Morgan fingerprint density at radius 1 is 1.29 bits per heavy atom. The Kier molecular flexibility index (Phi) is 4.66. The first-order valence-corrected chi connectivity index (χ1v) is 6.02. The number of benzene rings is 1.